The summed E-state index contributed by atoms with van der Waals surface area (Å²) in [6, 6.07) is 4.64. The molecule has 0 spiro atoms. The first-order chi connectivity index (χ1) is 13.0. The number of hydrogen-bond donors (Lipinski definition) is 3. The van der Waals surface area contributed by atoms with Crippen LogP contribution in [0.2, 0.25) is 0 Å². The molecular weight excluding hydrogens is 399 g/mol. The zero-order valence-electron chi connectivity index (χ0n) is 14.8. The fraction of sp³-hybridized carbons (Fsp3) is 0.278. The number of alkyl halides is 3. The molecule has 0 saturated carbocycles. The number of nitrogens with one attached hydrogen (secondary N) is 1. The smallest absolute Gasteiger partial charge is 0.416 e. The molecule has 0 aliphatic rings. The second-order valence-corrected chi connectivity index (χ2v) is 6.93. The van der Waals surface area contributed by atoms with Gasteiger partial charge in [0.15, 0.2) is 0 Å². The average Bonchev–Trinajstić information content (AvgIpc) is 2.91. The third-order valence-corrected chi connectivity index (χ3v) is 5.35. The van der Waals surface area contributed by atoms with Gasteiger partial charge in [0.25, 0.3) is 0 Å². The van der Waals surface area contributed by atoms with E-state index in [1.807, 2.05) is 0 Å². The highest BCUT2D eigenvalue weighted by Crippen LogP contribution is 2.38. The molecule has 2 rings (SSSR count). The largest absolute Gasteiger partial charge is 0.478 e. The van der Waals surface area contributed by atoms with Crippen molar-refractivity contribution in [2.75, 3.05) is 5.32 Å². The maximum Gasteiger partial charge on any atom is 0.416 e. The van der Waals surface area contributed by atoms with Crippen LogP contribution >= 0.6 is 11.3 Å². The second-order valence-electron chi connectivity index (χ2n) is 5.91. The number of anilines is 1. The molecule has 0 fully saturated rings. The van der Waals surface area contributed by atoms with Gasteiger partial charge in [-0.25, -0.2) is 9.59 Å². The van der Waals surface area contributed by atoms with Gasteiger partial charge >= 0.3 is 18.1 Å². The second kappa shape index (κ2) is 8.01. The molecule has 10 heteroatoms. The summed E-state index contributed by atoms with van der Waals surface area (Å²) < 4.78 is 39.8. The standard InChI is InChI=1S/C18H16F3NO5S/c1-3-9(10-6-4-5-7-11(10)18(19,20)21)14(23)22-15-12(16(24)25)8(2)13(28-15)17(26)27/h4-7,9H,3H2,1-2H3,(H,22,23)(H,24,25)(H,26,27). The van der Waals surface area contributed by atoms with E-state index in [-0.39, 0.29) is 27.4 Å². The zero-order valence-corrected chi connectivity index (χ0v) is 15.6. The number of carbonyl (C=O) groups excluding carboxylic acids is 1. The fourth-order valence-corrected chi connectivity index (χ4v) is 3.91. The summed E-state index contributed by atoms with van der Waals surface area (Å²) in [7, 11) is 0. The topological polar surface area (TPSA) is 104 Å². The molecule has 1 atom stereocenters. The zero-order chi connectivity index (χ0) is 21.2. The molecule has 3 N–H and O–H groups in total. The number of carboxylic acids is 2. The van der Waals surface area contributed by atoms with Gasteiger partial charge in [0, 0.05) is 0 Å². The van der Waals surface area contributed by atoms with Crippen molar-refractivity contribution in [3.05, 3.63) is 51.4 Å². The van der Waals surface area contributed by atoms with Crippen LogP contribution in [-0.2, 0) is 11.0 Å². The van der Waals surface area contributed by atoms with Crippen molar-refractivity contribution in [1.82, 2.24) is 0 Å². The summed E-state index contributed by atoms with van der Waals surface area (Å²) in [5, 5.41) is 20.6. The van der Waals surface area contributed by atoms with Crippen molar-refractivity contribution >= 4 is 34.2 Å². The minimum absolute atomic E-state index is 0.0253. The third kappa shape index (κ3) is 4.16. The molecule has 6 nitrogen and oxygen atoms in total. The number of rotatable bonds is 6. The molecule has 2 aromatic rings. The molecule has 0 bridgehead atoms. The first-order valence-electron chi connectivity index (χ1n) is 8.05. The van der Waals surface area contributed by atoms with Crippen molar-refractivity contribution in [3.8, 4) is 0 Å². The molecule has 0 saturated heterocycles. The lowest BCUT2D eigenvalue weighted by Gasteiger charge is -2.20. The molecule has 1 heterocycles. The van der Waals surface area contributed by atoms with Crippen LogP contribution in [0.25, 0.3) is 0 Å². The molecule has 28 heavy (non-hydrogen) atoms. The molecule has 1 aromatic heterocycles. The van der Waals surface area contributed by atoms with Crippen LogP contribution in [0.4, 0.5) is 18.2 Å². The van der Waals surface area contributed by atoms with E-state index in [4.69, 9.17) is 5.11 Å². The Morgan fingerprint density at radius 2 is 1.75 bits per heavy atom. The Kier molecular flexibility index (Phi) is 6.13. The highest BCUT2D eigenvalue weighted by molar-refractivity contribution is 7.18. The monoisotopic (exact) mass is 415 g/mol. The fourth-order valence-electron chi connectivity index (χ4n) is 2.87. The van der Waals surface area contributed by atoms with Crippen LogP contribution in [0.5, 0.6) is 0 Å². The Balaban J connectivity index is 2.46. The van der Waals surface area contributed by atoms with Crippen LogP contribution in [0, 0.1) is 6.92 Å². The van der Waals surface area contributed by atoms with Gasteiger partial charge in [-0.1, -0.05) is 25.1 Å². The van der Waals surface area contributed by atoms with Crippen LogP contribution in [-0.4, -0.2) is 28.1 Å². The summed E-state index contributed by atoms with van der Waals surface area (Å²) in [6.07, 6.45) is -4.63. The average molecular weight is 415 g/mol. The normalized spacial score (nSPS) is 12.5. The van der Waals surface area contributed by atoms with Gasteiger partial charge in [-0.2, -0.15) is 13.2 Å². The van der Waals surface area contributed by atoms with E-state index in [2.05, 4.69) is 5.32 Å². The van der Waals surface area contributed by atoms with Gasteiger partial charge < -0.3 is 15.5 Å². The SMILES string of the molecule is CCC(C(=O)Nc1sc(C(=O)O)c(C)c1C(=O)O)c1ccccc1C(F)(F)F. The van der Waals surface area contributed by atoms with Crippen LogP contribution in [0.3, 0.4) is 0 Å². The predicted octanol–water partition coefficient (Wildman–Crippen LogP) is 4.60. The van der Waals surface area contributed by atoms with E-state index in [0.717, 1.165) is 6.07 Å². The van der Waals surface area contributed by atoms with E-state index < -0.39 is 41.1 Å². The number of benzene rings is 1. The van der Waals surface area contributed by atoms with Crippen molar-refractivity contribution in [1.29, 1.82) is 0 Å². The minimum Gasteiger partial charge on any atom is -0.478 e. The Morgan fingerprint density at radius 3 is 2.25 bits per heavy atom. The lowest BCUT2D eigenvalue weighted by molar-refractivity contribution is -0.138. The van der Waals surface area contributed by atoms with E-state index in [1.54, 1.807) is 0 Å². The lowest BCUT2D eigenvalue weighted by atomic mass is 9.91. The number of carboxylic acid groups (broad SMARTS) is 2. The summed E-state index contributed by atoms with van der Waals surface area (Å²) in [4.78, 5) is 35.1. The lowest BCUT2D eigenvalue weighted by Crippen LogP contribution is -2.24. The number of aromatic carboxylic acids is 2. The number of thiophene rings is 1. The van der Waals surface area contributed by atoms with Crippen LogP contribution in [0.15, 0.2) is 24.3 Å². The van der Waals surface area contributed by atoms with E-state index >= 15 is 0 Å². The molecule has 1 amide bonds. The highest BCUT2D eigenvalue weighted by Gasteiger charge is 2.36. The van der Waals surface area contributed by atoms with E-state index in [1.165, 1.54) is 32.0 Å². The Morgan fingerprint density at radius 1 is 1.14 bits per heavy atom. The Bertz CT molecular complexity index is 936. The van der Waals surface area contributed by atoms with Gasteiger partial charge in [-0.05, 0) is 30.5 Å². The molecule has 0 aliphatic carbocycles. The quantitative estimate of drug-likeness (QED) is 0.640. The van der Waals surface area contributed by atoms with Gasteiger partial charge in [0.2, 0.25) is 5.91 Å². The number of hydrogen-bond acceptors (Lipinski definition) is 4. The van der Waals surface area contributed by atoms with Gasteiger partial charge in [-0.3, -0.25) is 4.79 Å². The van der Waals surface area contributed by atoms with Crippen molar-refractivity contribution in [3.63, 3.8) is 0 Å². The molecular formula is C18H16F3NO5S. The Labute approximate surface area is 161 Å². The number of amides is 1. The third-order valence-electron chi connectivity index (χ3n) is 4.16. The summed E-state index contributed by atoms with van der Waals surface area (Å²) in [6.45, 7) is 2.81. The van der Waals surface area contributed by atoms with Gasteiger partial charge in [-0.15, -0.1) is 11.3 Å². The van der Waals surface area contributed by atoms with E-state index in [9.17, 15) is 32.7 Å². The maximum absolute atomic E-state index is 13.3. The van der Waals surface area contributed by atoms with Crippen molar-refractivity contribution in [2.45, 2.75) is 32.4 Å². The summed E-state index contributed by atoms with van der Waals surface area (Å²) in [5.74, 6) is -4.85. The molecule has 1 unspecified atom stereocenters. The number of halogens is 3. The molecule has 0 aliphatic heterocycles. The predicted molar refractivity (Wildman–Crippen MR) is 96.1 cm³/mol. The van der Waals surface area contributed by atoms with Crippen molar-refractivity contribution < 1.29 is 37.8 Å². The molecule has 150 valence electrons. The molecule has 0 radical (unpaired) electrons. The summed E-state index contributed by atoms with van der Waals surface area (Å²) >= 11 is 0.549. The summed E-state index contributed by atoms with van der Waals surface area (Å²) in [5.41, 5.74) is -1.62. The minimum atomic E-state index is -4.66. The first kappa shape index (κ1) is 21.4. The van der Waals surface area contributed by atoms with Crippen LogP contribution in [0.1, 0.15) is 56.0 Å². The number of carbonyl (C=O) groups is 3. The maximum atomic E-state index is 13.3. The highest BCUT2D eigenvalue weighted by atomic mass is 32.1. The van der Waals surface area contributed by atoms with E-state index in [0.29, 0.717) is 11.3 Å². The first-order valence-corrected chi connectivity index (χ1v) is 8.87. The van der Waals surface area contributed by atoms with Crippen molar-refractivity contribution in [2.24, 2.45) is 0 Å². The molecule has 1 aromatic carbocycles. The van der Waals surface area contributed by atoms with Crippen LogP contribution < -0.4 is 5.32 Å². The Hall–Kier alpha value is -2.88. The van der Waals surface area contributed by atoms with Gasteiger partial charge in [0.05, 0.1) is 17.0 Å². The van der Waals surface area contributed by atoms with Gasteiger partial charge in [0.1, 0.15) is 9.88 Å².